The van der Waals surface area contributed by atoms with Gasteiger partial charge in [0.1, 0.15) is 0 Å². The van der Waals surface area contributed by atoms with Crippen LogP contribution in [0.3, 0.4) is 0 Å². The zero-order chi connectivity index (χ0) is 16.1. The van der Waals surface area contributed by atoms with Crippen molar-refractivity contribution < 1.29 is 4.79 Å². The molecule has 1 aliphatic heterocycles. The molecular weight excluding hydrogens is 286 g/mol. The van der Waals surface area contributed by atoms with Gasteiger partial charge in [-0.1, -0.05) is 29.8 Å². The first-order valence-electron chi connectivity index (χ1n) is 8.20. The number of pyridine rings is 1. The molecule has 2 heterocycles. The summed E-state index contributed by atoms with van der Waals surface area (Å²) in [5.41, 5.74) is 3.53. The molecule has 1 atom stereocenters. The molecule has 120 valence electrons. The van der Waals surface area contributed by atoms with Crippen molar-refractivity contribution in [3.05, 3.63) is 59.9 Å². The van der Waals surface area contributed by atoms with Crippen LogP contribution in [0.1, 0.15) is 24.0 Å². The molecule has 1 aromatic heterocycles. The van der Waals surface area contributed by atoms with Gasteiger partial charge >= 0.3 is 0 Å². The van der Waals surface area contributed by atoms with Gasteiger partial charge in [-0.25, -0.2) is 0 Å². The Hall–Kier alpha value is -2.36. The Morgan fingerprint density at radius 3 is 2.70 bits per heavy atom. The van der Waals surface area contributed by atoms with Gasteiger partial charge < -0.3 is 10.2 Å². The second kappa shape index (κ2) is 7.27. The molecule has 1 unspecified atom stereocenters. The van der Waals surface area contributed by atoms with E-state index in [4.69, 9.17) is 0 Å². The van der Waals surface area contributed by atoms with Crippen LogP contribution in [0, 0.1) is 12.8 Å². The zero-order valence-corrected chi connectivity index (χ0v) is 13.5. The van der Waals surface area contributed by atoms with Crippen LogP contribution in [0.5, 0.6) is 0 Å². The molecule has 1 fully saturated rings. The summed E-state index contributed by atoms with van der Waals surface area (Å²) in [7, 11) is 0. The van der Waals surface area contributed by atoms with Crippen molar-refractivity contribution in [2.24, 2.45) is 5.92 Å². The number of amides is 1. The molecule has 1 N–H and O–H groups in total. The van der Waals surface area contributed by atoms with Gasteiger partial charge in [0.05, 0.1) is 5.92 Å². The van der Waals surface area contributed by atoms with E-state index < -0.39 is 0 Å². The van der Waals surface area contributed by atoms with Crippen molar-refractivity contribution in [1.29, 1.82) is 0 Å². The number of carbonyl (C=O) groups excluding carboxylic acids is 1. The molecule has 0 aliphatic carbocycles. The molecular formula is C19H23N3O. The van der Waals surface area contributed by atoms with Crippen LogP contribution < -0.4 is 10.2 Å². The summed E-state index contributed by atoms with van der Waals surface area (Å²) in [5, 5.41) is 3.08. The third-order valence-corrected chi connectivity index (χ3v) is 4.41. The Morgan fingerprint density at radius 2 is 1.96 bits per heavy atom. The first-order chi connectivity index (χ1) is 11.2. The summed E-state index contributed by atoms with van der Waals surface area (Å²) in [4.78, 5) is 18.8. The average molecular weight is 309 g/mol. The standard InChI is InChI=1S/C19H23N3O/c1-15-4-6-16(7-5-15)13-21-19(23)17-3-2-12-22(14-17)18-8-10-20-11-9-18/h4-11,17H,2-3,12-14H2,1H3,(H,21,23). The Kier molecular flexibility index (Phi) is 4.91. The highest BCUT2D eigenvalue weighted by Crippen LogP contribution is 2.22. The molecule has 23 heavy (non-hydrogen) atoms. The smallest absolute Gasteiger partial charge is 0.225 e. The quantitative estimate of drug-likeness (QED) is 0.944. The lowest BCUT2D eigenvalue weighted by Gasteiger charge is -2.33. The fraction of sp³-hybridized carbons (Fsp3) is 0.368. The first kappa shape index (κ1) is 15.5. The maximum Gasteiger partial charge on any atom is 0.225 e. The van der Waals surface area contributed by atoms with E-state index in [1.54, 1.807) is 12.4 Å². The third-order valence-electron chi connectivity index (χ3n) is 4.41. The van der Waals surface area contributed by atoms with Crippen molar-refractivity contribution in [1.82, 2.24) is 10.3 Å². The van der Waals surface area contributed by atoms with Gasteiger partial charge in [-0.2, -0.15) is 0 Å². The highest BCUT2D eigenvalue weighted by atomic mass is 16.1. The predicted octanol–water partition coefficient (Wildman–Crippen LogP) is 2.92. The number of carbonyl (C=O) groups is 1. The molecule has 4 nitrogen and oxygen atoms in total. The monoisotopic (exact) mass is 309 g/mol. The molecule has 0 saturated carbocycles. The van der Waals surface area contributed by atoms with Crippen LogP contribution >= 0.6 is 0 Å². The molecule has 2 aromatic rings. The second-order valence-corrected chi connectivity index (χ2v) is 6.19. The third kappa shape index (κ3) is 4.09. The van der Waals surface area contributed by atoms with Crippen LogP contribution in [0.15, 0.2) is 48.8 Å². The van der Waals surface area contributed by atoms with Crippen molar-refractivity contribution in [3.63, 3.8) is 0 Å². The van der Waals surface area contributed by atoms with Crippen molar-refractivity contribution in [2.45, 2.75) is 26.3 Å². The van der Waals surface area contributed by atoms with E-state index in [-0.39, 0.29) is 11.8 Å². The van der Waals surface area contributed by atoms with Crippen molar-refractivity contribution >= 4 is 11.6 Å². The number of aromatic nitrogens is 1. The van der Waals surface area contributed by atoms with Gasteiger partial charge in [0, 0.05) is 37.7 Å². The van der Waals surface area contributed by atoms with Gasteiger partial charge in [0.15, 0.2) is 0 Å². The van der Waals surface area contributed by atoms with E-state index in [1.165, 1.54) is 5.56 Å². The minimum atomic E-state index is 0.0577. The molecule has 0 radical (unpaired) electrons. The van der Waals surface area contributed by atoms with E-state index in [2.05, 4.69) is 46.4 Å². The van der Waals surface area contributed by atoms with Crippen molar-refractivity contribution in [2.75, 3.05) is 18.0 Å². The lowest BCUT2D eigenvalue weighted by molar-refractivity contribution is -0.125. The molecule has 4 heteroatoms. The Bertz CT molecular complexity index is 639. The van der Waals surface area contributed by atoms with Crippen LogP contribution in [-0.2, 0) is 11.3 Å². The van der Waals surface area contributed by atoms with E-state index >= 15 is 0 Å². The van der Waals surface area contributed by atoms with E-state index in [0.717, 1.165) is 37.2 Å². The van der Waals surface area contributed by atoms with Gasteiger partial charge in [-0.15, -0.1) is 0 Å². The lowest BCUT2D eigenvalue weighted by Crippen LogP contribution is -2.43. The number of nitrogens with zero attached hydrogens (tertiary/aromatic N) is 2. The number of hydrogen-bond acceptors (Lipinski definition) is 3. The maximum atomic E-state index is 12.5. The topological polar surface area (TPSA) is 45.2 Å². The summed E-state index contributed by atoms with van der Waals surface area (Å²) in [6.45, 7) is 4.46. The highest BCUT2D eigenvalue weighted by Gasteiger charge is 2.25. The normalized spacial score (nSPS) is 17.8. The number of nitrogens with one attached hydrogen (secondary N) is 1. The van der Waals surface area contributed by atoms with Crippen LogP contribution in [0.25, 0.3) is 0 Å². The molecule has 0 bridgehead atoms. The summed E-state index contributed by atoms with van der Waals surface area (Å²) < 4.78 is 0. The van der Waals surface area contributed by atoms with Gasteiger partial charge in [0.2, 0.25) is 5.91 Å². The predicted molar refractivity (Wildman–Crippen MR) is 92.2 cm³/mol. The second-order valence-electron chi connectivity index (χ2n) is 6.19. The van der Waals surface area contributed by atoms with Crippen LogP contribution in [0.2, 0.25) is 0 Å². The summed E-state index contributed by atoms with van der Waals surface area (Å²) in [6.07, 6.45) is 5.61. The molecule has 3 rings (SSSR count). The van der Waals surface area contributed by atoms with Crippen LogP contribution in [0.4, 0.5) is 5.69 Å². The average Bonchev–Trinajstić information content (AvgIpc) is 2.62. The lowest BCUT2D eigenvalue weighted by atomic mass is 9.96. The largest absolute Gasteiger partial charge is 0.371 e. The minimum absolute atomic E-state index is 0.0577. The van der Waals surface area contributed by atoms with Crippen molar-refractivity contribution in [3.8, 4) is 0 Å². The van der Waals surface area contributed by atoms with E-state index in [0.29, 0.717) is 6.54 Å². The zero-order valence-electron chi connectivity index (χ0n) is 13.5. The number of aryl methyl sites for hydroxylation is 1. The van der Waals surface area contributed by atoms with E-state index in [1.807, 2.05) is 12.1 Å². The number of rotatable bonds is 4. The van der Waals surface area contributed by atoms with Gasteiger partial charge in [-0.05, 0) is 37.5 Å². The summed E-state index contributed by atoms with van der Waals surface area (Å²) in [6, 6.07) is 12.3. The maximum absolute atomic E-state index is 12.5. The first-order valence-corrected chi connectivity index (χ1v) is 8.20. The number of hydrogen-bond donors (Lipinski definition) is 1. The molecule has 1 saturated heterocycles. The SMILES string of the molecule is Cc1ccc(CNC(=O)C2CCCN(c3ccncc3)C2)cc1. The number of piperidine rings is 1. The summed E-state index contributed by atoms with van der Waals surface area (Å²) >= 11 is 0. The van der Waals surface area contributed by atoms with Gasteiger partial charge in [-0.3, -0.25) is 9.78 Å². The van der Waals surface area contributed by atoms with Gasteiger partial charge in [0.25, 0.3) is 0 Å². The summed E-state index contributed by atoms with van der Waals surface area (Å²) in [5.74, 6) is 0.215. The fourth-order valence-corrected chi connectivity index (χ4v) is 3.02. The van der Waals surface area contributed by atoms with Crippen LogP contribution in [-0.4, -0.2) is 24.0 Å². The molecule has 0 spiro atoms. The Labute approximate surface area is 137 Å². The van der Waals surface area contributed by atoms with E-state index in [9.17, 15) is 4.79 Å². The minimum Gasteiger partial charge on any atom is -0.371 e. The Morgan fingerprint density at radius 1 is 1.22 bits per heavy atom. The molecule has 1 aromatic carbocycles. The number of anilines is 1. The Balaban J connectivity index is 1.55. The highest BCUT2D eigenvalue weighted by molar-refractivity contribution is 5.79. The fourth-order valence-electron chi connectivity index (χ4n) is 3.02. The molecule has 1 amide bonds. The molecule has 1 aliphatic rings. The number of benzene rings is 1.